The second kappa shape index (κ2) is 12.2. The van der Waals surface area contributed by atoms with E-state index < -0.39 is 0 Å². The van der Waals surface area contributed by atoms with E-state index in [1.807, 2.05) is 12.1 Å². The molecule has 9 nitrogen and oxygen atoms in total. The lowest BCUT2D eigenvalue weighted by atomic mass is 9.90. The lowest BCUT2D eigenvalue weighted by molar-refractivity contribution is 0.0699. The molecule has 1 aliphatic carbocycles. The van der Waals surface area contributed by atoms with Crippen molar-refractivity contribution < 1.29 is 9.47 Å². The fourth-order valence-corrected chi connectivity index (χ4v) is 4.66. The van der Waals surface area contributed by atoms with Crippen molar-refractivity contribution in [2.45, 2.75) is 63.6 Å². The van der Waals surface area contributed by atoms with E-state index in [1.54, 1.807) is 19.6 Å². The minimum absolute atomic E-state index is 0.387. The van der Waals surface area contributed by atoms with Gasteiger partial charge < -0.3 is 25.4 Å². The summed E-state index contributed by atoms with van der Waals surface area (Å²) in [4.78, 5) is 17.9. The van der Waals surface area contributed by atoms with Crippen LogP contribution in [-0.2, 0) is 9.47 Å². The number of nitrogens with zero attached hydrogens (tertiary/aromatic N) is 4. The van der Waals surface area contributed by atoms with Gasteiger partial charge in [0.05, 0.1) is 18.0 Å². The van der Waals surface area contributed by atoms with Crippen LogP contribution in [-0.4, -0.2) is 71.5 Å². The van der Waals surface area contributed by atoms with Gasteiger partial charge in [-0.2, -0.15) is 0 Å². The molecule has 0 aromatic carbocycles. The average Bonchev–Trinajstić information content (AvgIpc) is 2.85. The van der Waals surface area contributed by atoms with Crippen molar-refractivity contribution in [3.8, 4) is 11.4 Å². The molecular formula is C24H37N7O2. The van der Waals surface area contributed by atoms with Crippen LogP contribution in [0.15, 0.2) is 24.7 Å². The molecule has 0 amide bonds. The van der Waals surface area contributed by atoms with Crippen LogP contribution in [0.4, 0.5) is 11.8 Å². The van der Waals surface area contributed by atoms with E-state index in [1.165, 1.54) is 0 Å². The fraction of sp³-hybridized carbons (Fsp3) is 0.667. The third kappa shape index (κ3) is 7.31. The standard InChI is InChI=1S/C24H37N7O2/c1-17(15-32-2)29-19-3-5-20(6-4-19)30-23-13-22(27-16-28-23)21-7-10-25-24(31-21)26-14-18-8-11-33-12-9-18/h7,10,13,16-20,29H,3-6,8-9,11-12,14-15H2,1-2H3,(H,25,26,31)(H,27,28,30). The maximum atomic E-state index is 5.44. The Bertz CT molecular complexity index is 854. The zero-order chi connectivity index (χ0) is 22.9. The van der Waals surface area contributed by atoms with Crippen molar-refractivity contribution in [2.24, 2.45) is 5.92 Å². The van der Waals surface area contributed by atoms with Gasteiger partial charge in [0, 0.05) is 57.3 Å². The number of aromatic nitrogens is 4. The molecule has 0 spiro atoms. The summed E-state index contributed by atoms with van der Waals surface area (Å²) >= 11 is 0. The predicted molar refractivity (Wildman–Crippen MR) is 129 cm³/mol. The summed E-state index contributed by atoms with van der Waals surface area (Å²) in [7, 11) is 1.75. The second-order valence-electron chi connectivity index (χ2n) is 9.21. The first-order valence-electron chi connectivity index (χ1n) is 12.2. The number of hydrogen-bond acceptors (Lipinski definition) is 9. The second-order valence-corrected chi connectivity index (χ2v) is 9.21. The Labute approximate surface area is 196 Å². The van der Waals surface area contributed by atoms with Crippen molar-refractivity contribution in [3.63, 3.8) is 0 Å². The number of ether oxygens (including phenoxy) is 2. The highest BCUT2D eigenvalue weighted by molar-refractivity contribution is 5.59. The van der Waals surface area contributed by atoms with Crippen molar-refractivity contribution in [1.29, 1.82) is 0 Å². The number of hydrogen-bond donors (Lipinski definition) is 3. The molecule has 2 aliphatic rings. The van der Waals surface area contributed by atoms with Crippen LogP contribution in [0.2, 0.25) is 0 Å². The molecule has 2 fully saturated rings. The van der Waals surface area contributed by atoms with Crippen molar-refractivity contribution in [3.05, 3.63) is 24.7 Å². The molecule has 1 aliphatic heterocycles. The minimum atomic E-state index is 0.387. The zero-order valence-electron chi connectivity index (χ0n) is 19.8. The Kier molecular flexibility index (Phi) is 8.79. The third-order valence-electron chi connectivity index (χ3n) is 6.49. The van der Waals surface area contributed by atoms with Gasteiger partial charge in [0.25, 0.3) is 0 Å². The Morgan fingerprint density at radius 3 is 2.61 bits per heavy atom. The molecule has 9 heteroatoms. The third-order valence-corrected chi connectivity index (χ3v) is 6.49. The quantitative estimate of drug-likeness (QED) is 0.498. The fourth-order valence-electron chi connectivity index (χ4n) is 4.66. The number of anilines is 2. The van der Waals surface area contributed by atoms with E-state index in [-0.39, 0.29) is 0 Å². The highest BCUT2D eigenvalue weighted by Gasteiger charge is 2.22. The van der Waals surface area contributed by atoms with Crippen LogP contribution in [0, 0.1) is 5.92 Å². The summed E-state index contributed by atoms with van der Waals surface area (Å²) in [6, 6.07) is 5.24. The van der Waals surface area contributed by atoms with E-state index in [9.17, 15) is 0 Å². The van der Waals surface area contributed by atoms with Crippen molar-refractivity contribution in [1.82, 2.24) is 25.3 Å². The Hall–Kier alpha value is -2.36. The molecular weight excluding hydrogens is 418 g/mol. The smallest absolute Gasteiger partial charge is 0.223 e. The molecule has 2 aromatic rings. The Morgan fingerprint density at radius 2 is 1.82 bits per heavy atom. The summed E-state index contributed by atoms with van der Waals surface area (Å²) in [5.74, 6) is 2.09. The van der Waals surface area contributed by atoms with E-state index in [0.717, 1.165) is 82.1 Å². The van der Waals surface area contributed by atoms with Gasteiger partial charge in [-0.3, -0.25) is 0 Å². The minimum Gasteiger partial charge on any atom is -0.383 e. The molecule has 2 aromatic heterocycles. The van der Waals surface area contributed by atoms with Gasteiger partial charge in [-0.15, -0.1) is 0 Å². The molecule has 1 saturated heterocycles. The maximum Gasteiger partial charge on any atom is 0.223 e. The topological polar surface area (TPSA) is 106 Å². The molecule has 3 heterocycles. The summed E-state index contributed by atoms with van der Waals surface area (Å²) in [5.41, 5.74) is 1.60. The van der Waals surface area contributed by atoms with Gasteiger partial charge in [-0.05, 0) is 57.4 Å². The molecule has 0 radical (unpaired) electrons. The van der Waals surface area contributed by atoms with Crippen LogP contribution >= 0.6 is 0 Å². The van der Waals surface area contributed by atoms with Gasteiger partial charge >= 0.3 is 0 Å². The van der Waals surface area contributed by atoms with Crippen LogP contribution < -0.4 is 16.0 Å². The highest BCUT2D eigenvalue weighted by atomic mass is 16.5. The monoisotopic (exact) mass is 455 g/mol. The molecule has 3 N–H and O–H groups in total. The molecule has 1 unspecified atom stereocenters. The molecule has 180 valence electrons. The molecule has 0 bridgehead atoms. The zero-order valence-corrected chi connectivity index (χ0v) is 19.8. The number of rotatable bonds is 10. The summed E-state index contributed by atoms with van der Waals surface area (Å²) in [6.07, 6.45) is 10.1. The SMILES string of the molecule is COCC(C)NC1CCC(Nc2cc(-c3ccnc(NCC4CCOCC4)n3)ncn2)CC1. The van der Waals surface area contributed by atoms with Crippen LogP contribution in [0.1, 0.15) is 45.4 Å². The summed E-state index contributed by atoms with van der Waals surface area (Å²) in [5, 5.41) is 10.6. The first-order chi connectivity index (χ1) is 16.2. The predicted octanol–water partition coefficient (Wildman–Crippen LogP) is 3.12. The highest BCUT2D eigenvalue weighted by Crippen LogP contribution is 2.24. The van der Waals surface area contributed by atoms with Gasteiger partial charge in [0.2, 0.25) is 5.95 Å². The van der Waals surface area contributed by atoms with E-state index >= 15 is 0 Å². The lowest BCUT2D eigenvalue weighted by Gasteiger charge is -2.31. The van der Waals surface area contributed by atoms with Crippen LogP contribution in [0.3, 0.4) is 0 Å². The molecule has 1 atom stereocenters. The van der Waals surface area contributed by atoms with Crippen LogP contribution in [0.5, 0.6) is 0 Å². The maximum absolute atomic E-state index is 5.44. The number of methoxy groups -OCH3 is 1. The van der Waals surface area contributed by atoms with Gasteiger partial charge in [0.15, 0.2) is 0 Å². The average molecular weight is 456 g/mol. The van der Waals surface area contributed by atoms with Crippen molar-refractivity contribution >= 4 is 11.8 Å². The Balaban J connectivity index is 1.30. The largest absolute Gasteiger partial charge is 0.383 e. The summed E-state index contributed by atoms with van der Waals surface area (Å²) in [6.45, 7) is 5.47. The molecule has 33 heavy (non-hydrogen) atoms. The lowest BCUT2D eigenvalue weighted by Crippen LogP contribution is -2.42. The number of nitrogens with one attached hydrogen (secondary N) is 3. The first kappa shape index (κ1) is 23.8. The molecule has 1 saturated carbocycles. The normalized spacial score (nSPS) is 22.6. The van der Waals surface area contributed by atoms with Crippen LogP contribution in [0.25, 0.3) is 11.4 Å². The molecule has 4 rings (SSSR count). The van der Waals surface area contributed by atoms with E-state index in [0.29, 0.717) is 30.0 Å². The summed E-state index contributed by atoms with van der Waals surface area (Å²) < 4.78 is 10.7. The van der Waals surface area contributed by atoms with Gasteiger partial charge in [0.1, 0.15) is 12.1 Å². The van der Waals surface area contributed by atoms with Crippen molar-refractivity contribution in [2.75, 3.05) is 44.1 Å². The first-order valence-corrected chi connectivity index (χ1v) is 12.2. The Morgan fingerprint density at radius 1 is 1.03 bits per heavy atom. The van der Waals surface area contributed by atoms with E-state index in [2.05, 4.69) is 42.8 Å². The van der Waals surface area contributed by atoms with E-state index in [4.69, 9.17) is 9.47 Å². The van der Waals surface area contributed by atoms with Gasteiger partial charge in [-0.1, -0.05) is 0 Å². The van der Waals surface area contributed by atoms with Gasteiger partial charge in [-0.25, -0.2) is 19.9 Å².